The number of hydrogen-bond donors (Lipinski definition) is 1. The van der Waals surface area contributed by atoms with Crippen LogP contribution in [0.25, 0.3) is 0 Å². The topological polar surface area (TPSA) is 76.8 Å². The molecule has 1 unspecified atom stereocenters. The minimum Gasteiger partial charge on any atom is -0.497 e. The molecule has 7 nitrogen and oxygen atoms in total. The fourth-order valence-corrected chi connectivity index (χ4v) is 4.12. The average Bonchev–Trinajstić information content (AvgIpc) is 3.34. The molecule has 2 heterocycles. The molecule has 0 saturated carbocycles. The molecule has 0 radical (unpaired) electrons. The highest BCUT2D eigenvalue weighted by Crippen LogP contribution is 2.29. The Balaban J connectivity index is 1.34. The van der Waals surface area contributed by atoms with Gasteiger partial charge in [-0.3, -0.25) is 9.69 Å². The summed E-state index contributed by atoms with van der Waals surface area (Å²) < 4.78 is 16.0. The number of para-hydroxylation sites is 1. The zero-order valence-corrected chi connectivity index (χ0v) is 18.5. The highest BCUT2D eigenvalue weighted by atomic mass is 16.5. The number of carbonyl (C=O) groups is 1. The van der Waals surface area contributed by atoms with Crippen LogP contribution in [0.1, 0.15) is 46.1 Å². The molecule has 4 rings (SSSR count). The third kappa shape index (κ3) is 5.29. The smallest absolute Gasteiger partial charge is 0.290 e. The molecule has 1 N–H and O–H groups in total. The molecule has 0 aliphatic carbocycles. The first-order chi connectivity index (χ1) is 15.7. The van der Waals surface area contributed by atoms with E-state index >= 15 is 0 Å². The van der Waals surface area contributed by atoms with E-state index < -0.39 is 0 Å². The summed E-state index contributed by atoms with van der Waals surface area (Å²) in [6, 6.07) is 17.5. The van der Waals surface area contributed by atoms with Gasteiger partial charge in [-0.25, -0.2) is 0 Å². The van der Waals surface area contributed by atoms with Gasteiger partial charge in [-0.1, -0.05) is 35.5 Å². The number of nitrogens with zero attached hydrogens (tertiary/aromatic N) is 2. The molecule has 1 aliphatic rings. The van der Waals surface area contributed by atoms with Crippen LogP contribution < -0.4 is 14.8 Å². The monoisotopic (exact) mass is 435 g/mol. The van der Waals surface area contributed by atoms with Crippen LogP contribution in [0.15, 0.2) is 59.1 Å². The lowest BCUT2D eigenvalue weighted by Crippen LogP contribution is -2.34. The van der Waals surface area contributed by atoms with Crippen molar-refractivity contribution in [3.8, 4) is 11.5 Å². The minimum absolute atomic E-state index is 0.241. The Morgan fingerprint density at radius 1 is 1.16 bits per heavy atom. The maximum atomic E-state index is 12.5. The standard InChI is InChI=1S/C25H29N3O4/c1-30-21-11-9-18(10-12-21)15-26-25(29)24-14-22(27-32-24)19-7-5-13-28(16-19)17-20-6-3-4-8-23(20)31-2/h3-4,6,8-12,14,19H,5,7,13,15-17H2,1-2H3,(H,26,29). The number of likely N-dealkylation sites (tertiary alicyclic amines) is 1. The molecular formula is C25H29N3O4. The van der Waals surface area contributed by atoms with Crippen molar-refractivity contribution in [2.24, 2.45) is 0 Å². The van der Waals surface area contributed by atoms with E-state index in [9.17, 15) is 4.79 Å². The Morgan fingerprint density at radius 3 is 2.75 bits per heavy atom. The summed E-state index contributed by atoms with van der Waals surface area (Å²) in [6.45, 7) is 3.14. The third-order valence-electron chi connectivity index (χ3n) is 5.87. The lowest BCUT2D eigenvalue weighted by atomic mass is 9.94. The van der Waals surface area contributed by atoms with Crippen LogP contribution in [0.2, 0.25) is 0 Å². The van der Waals surface area contributed by atoms with Gasteiger partial charge in [0.15, 0.2) is 0 Å². The molecule has 1 amide bonds. The van der Waals surface area contributed by atoms with Gasteiger partial charge in [0, 0.05) is 37.2 Å². The number of amides is 1. The van der Waals surface area contributed by atoms with E-state index in [1.54, 1.807) is 20.3 Å². The van der Waals surface area contributed by atoms with Gasteiger partial charge >= 0.3 is 0 Å². The van der Waals surface area contributed by atoms with Crippen molar-refractivity contribution in [3.63, 3.8) is 0 Å². The van der Waals surface area contributed by atoms with Crippen molar-refractivity contribution in [3.05, 3.63) is 77.2 Å². The van der Waals surface area contributed by atoms with E-state index in [0.29, 0.717) is 6.54 Å². The maximum Gasteiger partial charge on any atom is 0.290 e. The predicted octanol–water partition coefficient (Wildman–Crippen LogP) is 4.00. The summed E-state index contributed by atoms with van der Waals surface area (Å²) in [5.41, 5.74) is 3.00. The van der Waals surface area contributed by atoms with E-state index in [1.807, 2.05) is 42.5 Å². The van der Waals surface area contributed by atoms with Gasteiger partial charge in [0.1, 0.15) is 11.5 Å². The van der Waals surface area contributed by atoms with Crippen molar-refractivity contribution < 1.29 is 18.8 Å². The number of hydrogen-bond acceptors (Lipinski definition) is 6. The zero-order valence-electron chi connectivity index (χ0n) is 18.5. The number of ether oxygens (including phenoxy) is 2. The van der Waals surface area contributed by atoms with Crippen LogP contribution in [0.4, 0.5) is 0 Å². The molecule has 32 heavy (non-hydrogen) atoms. The minimum atomic E-state index is -0.263. The van der Waals surface area contributed by atoms with Gasteiger partial charge in [0.25, 0.3) is 5.91 Å². The van der Waals surface area contributed by atoms with Crippen LogP contribution in [0.5, 0.6) is 11.5 Å². The third-order valence-corrected chi connectivity index (χ3v) is 5.87. The molecule has 2 aromatic carbocycles. The van der Waals surface area contributed by atoms with Crippen LogP contribution in [0.3, 0.4) is 0 Å². The van der Waals surface area contributed by atoms with E-state index in [4.69, 9.17) is 14.0 Å². The molecule has 1 atom stereocenters. The van der Waals surface area contributed by atoms with E-state index in [2.05, 4.69) is 21.4 Å². The van der Waals surface area contributed by atoms with Gasteiger partial charge < -0.3 is 19.3 Å². The Hall–Kier alpha value is -3.32. The van der Waals surface area contributed by atoms with Gasteiger partial charge in [0.05, 0.1) is 19.9 Å². The van der Waals surface area contributed by atoms with Crippen LogP contribution in [0, 0.1) is 0 Å². The van der Waals surface area contributed by atoms with Crippen molar-refractivity contribution in [1.29, 1.82) is 0 Å². The Kier molecular flexibility index (Phi) is 7.07. The van der Waals surface area contributed by atoms with E-state index in [1.165, 1.54) is 5.56 Å². The highest BCUT2D eigenvalue weighted by Gasteiger charge is 2.26. The number of methoxy groups -OCH3 is 2. The quantitative estimate of drug-likeness (QED) is 0.576. The number of benzene rings is 2. The second-order valence-corrected chi connectivity index (χ2v) is 8.03. The SMILES string of the molecule is COc1ccc(CNC(=O)c2cc(C3CCCN(Cc4ccccc4OC)C3)no2)cc1. The Morgan fingerprint density at radius 2 is 1.97 bits per heavy atom. The molecule has 7 heteroatoms. The highest BCUT2D eigenvalue weighted by molar-refractivity contribution is 5.91. The first-order valence-corrected chi connectivity index (χ1v) is 10.9. The number of nitrogens with one attached hydrogen (secondary N) is 1. The summed E-state index contributed by atoms with van der Waals surface area (Å²) in [5.74, 6) is 1.92. The molecule has 0 bridgehead atoms. The first-order valence-electron chi connectivity index (χ1n) is 10.9. The molecule has 1 aromatic heterocycles. The lowest BCUT2D eigenvalue weighted by molar-refractivity contribution is 0.0913. The van der Waals surface area contributed by atoms with E-state index in [0.717, 1.165) is 55.2 Å². The van der Waals surface area contributed by atoms with E-state index in [-0.39, 0.29) is 17.6 Å². The Bertz CT molecular complexity index is 1030. The second kappa shape index (κ2) is 10.3. The second-order valence-electron chi connectivity index (χ2n) is 8.03. The average molecular weight is 436 g/mol. The number of rotatable bonds is 8. The summed E-state index contributed by atoms with van der Waals surface area (Å²) in [4.78, 5) is 14.9. The summed E-state index contributed by atoms with van der Waals surface area (Å²) >= 11 is 0. The summed E-state index contributed by atoms with van der Waals surface area (Å²) in [5, 5.41) is 7.10. The first kappa shape index (κ1) is 21.9. The summed E-state index contributed by atoms with van der Waals surface area (Å²) in [6.07, 6.45) is 2.10. The van der Waals surface area contributed by atoms with Crippen LogP contribution in [-0.4, -0.2) is 43.3 Å². The van der Waals surface area contributed by atoms with Gasteiger partial charge in [-0.05, 0) is 43.1 Å². The molecular weight excluding hydrogens is 406 g/mol. The molecule has 1 fully saturated rings. The molecule has 3 aromatic rings. The predicted molar refractivity (Wildman–Crippen MR) is 121 cm³/mol. The fourth-order valence-electron chi connectivity index (χ4n) is 4.12. The van der Waals surface area contributed by atoms with Crippen molar-refractivity contribution in [2.45, 2.75) is 31.8 Å². The van der Waals surface area contributed by atoms with Gasteiger partial charge in [-0.2, -0.15) is 0 Å². The molecule has 168 valence electrons. The summed E-state index contributed by atoms with van der Waals surface area (Å²) in [7, 11) is 3.33. The van der Waals surface area contributed by atoms with Crippen molar-refractivity contribution in [1.82, 2.24) is 15.4 Å². The molecule has 1 aliphatic heterocycles. The molecule has 0 spiro atoms. The number of carbonyl (C=O) groups excluding carboxylic acids is 1. The largest absolute Gasteiger partial charge is 0.497 e. The van der Waals surface area contributed by atoms with Crippen molar-refractivity contribution >= 4 is 5.91 Å². The molecule has 1 saturated heterocycles. The van der Waals surface area contributed by atoms with Crippen molar-refractivity contribution in [2.75, 3.05) is 27.3 Å². The lowest BCUT2D eigenvalue weighted by Gasteiger charge is -2.32. The Labute approximate surface area is 188 Å². The van der Waals surface area contributed by atoms with Crippen LogP contribution in [-0.2, 0) is 13.1 Å². The number of piperidine rings is 1. The number of aromatic nitrogens is 1. The van der Waals surface area contributed by atoms with Gasteiger partial charge in [-0.15, -0.1) is 0 Å². The van der Waals surface area contributed by atoms with Gasteiger partial charge in [0.2, 0.25) is 5.76 Å². The fraction of sp³-hybridized carbons (Fsp3) is 0.360. The zero-order chi connectivity index (χ0) is 22.3. The maximum absolute atomic E-state index is 12.5. The van der Waals surface area contributed by atoms with Crippen LogP contribution >= 0.6 is 0 Å². The normalized spacial score (nSPS) is 16.5.